The highest BCUT2D eigenvalue weighted by Gasteiger charge is 2.54. The monoisotopic (exact) mass is 1050 g/mol. The lowest BCUT2D eigenvalue weighted by Crippen LogP contribution is -2.39. The molecule has 400 valence electrons. The van der Waals surface area contributed by atoms with Gasteiger partial charge in [-0.3, -0.25) is 36.1 Å². The summed E-state index contributed by atoms with van der Waals surface area (Å²) >= 11 is 0. The van der Waals surface area contributed by atoms with Crippen molar-refractivity contribution in [3.8, 4) is 17.2 Å². The molecule has 32 heteroatoms. The number of rotatable bonds is 13. The fraction of sp³-hybridized carbons (Fsp3) is 0.463. The third-order valence-electron chi connectivity index (χ3n) is 9.35. The normalized spacial score (nSPS) is 16.6. The third-order valence-corrected chi connectivity index (χ3v) is 9.35. The summed E-state index contributed by atoms with van der Waals surface area (Å²) in [6.45, 7) is 10.5. The molecule has 23 nitrogen and oxygen atoms in total. The number of halogens is 6. The highest BCUT2D eigenvalue weighted by Crippen LogP contribution is 2.30. The van der Waals surface area contributed by atoms with Crippen LogP contribution in [0.25, 0.3) is 0 Å². The quantitative estimate of drug-likeness (QED) is 0.0293. The molecule has 3 heterocycles. The molecule has 3 aliphatic heterocycles. The number of nitrogens with zero attached hydrogens (tertiary/aromatic N) is 1. The summed E-state index contributed by atoms with van der Waals surface area (Å²) in [4.78, 5) is 52.5. The third kappa shape index (κ3) is 18.3. The molecule has 0 saturated heterocycles. The number of Topliss-reactive ketones (excluding diaryl/α,β-unsaturated/α-hetero) is 2. The van der Waals surface area contributed by atoms with Gasteiger partial charge in [0.1, 0.15) is 41.3 Å². The Morgan fingerprint density at radius 2 is 0.918 bits per heavy atom. The van der Waals surface area contributed by atoms with Crippen molar-refractivity contribution in [2.45, 2.75) is 83.4 Å². The summed E-state index contributed by atoms with van der Waals surface area (Å²) in [5.74, 6) is -5.54. The van der Waals surface area contributed by atoms with Gasteiger partial charge >= 0.3 is 57.5 Å². The molecule has 11 N–H and O–H groups in total. The number of carbonyl (C=O) groups excluding carboxylic acids is 4. The molecule has 3 aromatic carbocycles. The van der Waals surface area contributed by atoms with E-state index < -0.39 is 86.2 Å². The van der Waals surface area contributed by atoms with Crippen molar-refractivity contribution < 1.29 is 103 Å². The van der Waals surface area contributed by atoms with Crippen molar-refractivity contribution in [3.63, 3.8) is 0 Å². The van der Waals surface area contributed by atoms with Crippen LogP contribution in [0.15, 0.2) is 54.6 Å². The van der Waals surface area contributed by atoms with Crippen LogP contribution in [0, 0.1) is 10.1 Å². The fourth-order valence-electron chi connectivity index (χ4n) is 6.55. The Bertz CT molecular complexity index is 2370. The van der Waals surface area contributed by atoms with E-state index in [2.05, 4.69) is 10.6 Å². The molecule has 0 saturated carbocycles. The van der Waals surface area contributed by atoms with Crippen LogP contribution < -0.4 is 58.4 Å². The molecule has 0 bridgehead atoms. The van der Waals surface area contributed by atoms with Gasteiger partial charge in [0.2, 0.25) is 6.54 Å². The van der Waals surface area contributed by atoms with Crippen molar-refractivity contribution >= 4 is 61.5 Å². The molecule has 3 unspecified atom stereocenters. The minimum atomic E-state index is -5.77. The number of hydrogen-bond donors (Lipinski definition) is 8. The molecular weight excluding hydrogens is 995 g/mol. The Hall–Kier alpha value is -6.25. The van der Waals surface area contributed by atoms with Crippen molar-refractivity contribution in [3.05, 3.63) is 81.4 Å². The van der Waals surface area contributed by atoms with Crippen LogP contribution in [0.1, 0.15) is 76.5 Å². The number of nitrogens with two attached hydrogens (primary N) is 3. The molecule has 0 radical (unpaired) electrons. The number of nitrogens with one attached hydrogen (secondary N) is 2. The van der Waals surface area contributed by atoms with Crippen LogP contribution in [0.4, 0.5) is 35.9 Å². The van der Waals surface area contributed by atoms with E-state index in [9.17, 15) is 70.7 Å². The number of alkyl halides is 6. The Balaban J connectivity index is 0.000000266. The van der Waals surface area contributed by atoms with Crippen LogP contribution >= 0.6 is 0 Å². The van der Waals surface area contributed by atoms with Gasteiger partial charge in [-0.05, 0) is 76.4 Å². The second kappa shape index (κ2) is 26.1. The average molecular weight is 1050 g/mol. The first kappa shape index (κ1) is 61.1. The number of ether oxygens (including phenoxy) is 5. The molecule has 73 heavy (non-hydrogen) atoms. The molecule has 0 spiro atoms. The van der Waals surface area contributed by atoms with E-state index in [1.807, 2.05) is 18.2 Å². The van der Waals surface area contributed by atoms with Crippen LogP contribution in [0.2, 0.25) is 0 Å². The number of amides is 2. The van der Waals surface area contributed by atoms with Crippen molar-refractivity contribution in [1.82, 2.24) is 10.6 Å². The zero-order valence-electron chi connectivity index (χ0n) is 39.9. The van der Waals surface area contributed by atoms with Gasteiger partial charge in [-0.1, -0.05) is 36.4 Å². The maximum atomic E-state index is 11.6. The summed E-state index contributed by atoms with van der Waals surface area (Å²) in [7, 11) is -3.37. The number of alkyl carbamates (subject to hydrolysis) is 2. The summed E-state index contributed by atoms with van der Waals surface area (Å²) in [5, 5.41) is 45.2. The van der Waals surface area contributed by atoms with Gasteiger partial charge in [0.15, 0.2) is 13.5 Å². The smallest absolute Gasteiger partial charge is 0.479 e. The molecule has 0 aliphatic carbocycles. The second-order valence-corrected chi connectivity index (χ2v) is 17.1. The van der Waals surface area contributed by atoms with Crippen molar-refractivity contribution in [2.24, 2.45) is 17.2 Å². The highest BCUT2D eigenvalue weighted by atomic mass is 19.4. The Morgan fingerprint density at radius 1 is 0.603 bits per heavy atom. The van der Waals surface area contributed by atoms with Gasteiger partial charge in [-0.25, -0.2) is 9.59 Å². The molecule has 3 atom stereocenters. The van der Waals surface area contributed by atoms with Gasteiger partial charge < -0.3 is 64.2 Å². The van der Waals surface area contributed by atoms with Crippen LogP contribution in [-0.2, 0) is 33.0 Å². The minimum Gasteiger partial charge on any atom is -0.479 e. The van der Waals surface area contributed by atoms with Gasteiger partial charge in [-0.2, -0.15) is 26.3 Å². The molecule has 0 fully saturated rings. The minimum absolute atomic E-state index is 0.0659. The Labute approximate surface area is 413 Å². The Kier molecular flexibility index (Phi) is 21.8. The molecule has 6 rings (SSSR count). The highest BCUT2D eigenvalue weighted by molar-refractivity contribution is 6.63. The van der Waals surface area contributed by atoms with E-state index in [1.54, 1.807) is 77.9 Å². The predicted octanol–water partition coefficient (Wildman–Crippen LogP) is 0.797. The molecule has 0 aromatic heterocycles. The topological polar surface area (TPSA) is 348 Å². The Morgan fingerprint density at radius 3 is 1.21 bits per heavy atom. The lowest BCUT2D eigenvalue weighted by Gasteiger charge is -2.20. The zero-order chi connectivity index (χ0) is 55.2. The first-order valence-corrected chi connectivity index (χ1v) is 21.5. The summed E-state index contributed by atoms with van der Waals surface area (Å²) < 4.78 is 109. The van der Waals surface area contributed by atoms with E-state index in [0.29, 0.717) is 40.0 Å². The number of fused-ring (bicyclic) bond motifs is 3. The number of nitro groups is 1. The molecule has 2 amide bonds. The maximum Gasteiger partial charge on any atom is 0.496 e. The van der Waals surface area contributed by atoms with Gasteiger partial charge in [0.05, 0.1) is 12.2 Å². The van der Waals surface area contributed by atoms with Gasteiger partial charge in [0, 0.05) is 34.4 Å². The first-order chi connectivity index (χ1) is 33.8. The molecule has 3 aliphatic rings. The summed E-state index contributed by atoms with van der Waals surface area (Å²) in [6.07, 6.45) is -14.2. The predicted molar refractivity (Wildman–Crippen MR) is 245 cm³/mol. The van der Waals surface area contributed by atoms with E-state index >= 15 is 0 Å². The van der Waals surface area contributed by atoms with Gasteiger partial charge in [0.25, 0.3) is 0 Å². The number of carbonyl (C=O) groups is 4. The van der Waals surface area contributed by atoms with Crippen molar-refractivity contribution in [1.29, 1.82) is 0 Å². The van der Waals surface area contributed by atoms with Gasteiger partial charge in [-0.15, -0.1) is 0 Å². The second-order valence-electron chi connectivity index (χ2n) is 17.1. The fourth-order valence-corrected chi connectivity index (χ4v) is 6.55. The van der Waals surface area contributed by atoms with Crippen LogP contribution in [-0.4, -0.2) is 128 Å². The molecule has 3 aromatic rings. The van der Waals surface area contributed by atoms with Crippen LogP contribution in [0.5, 0.6) is 17.2 Å². The maximum absolute atomic E-state index is 11.6. The average Bonchev–Trinajstić information content (AvgIpc) is 3.91. The summed E-state index contributed by atoms with van der Waals surface area (Å²) in [6, 6.07) is 15.6. The van der Waals surface area contributed by atoms with Crippen molar-refractivity contribution in [2.75, 3.05) is 39.8 Å². The lowest BCUT2D eigenvalue weighted by molar-refractivity contribution is -0.490. The van der Waals surface area contributed by atoms with E-state index in [1.165, 1.54) is 0 Å². The standard InChI is InChI=1S/C14H19BN2O7.C14H21BN2O5.C9H13BN2O3.C4F6O2/c1-14(2,3)23-13(18)16-8-22-10-6-4-5-9-11(7-17(20)21)24-15(19)12(9)10;1-14(2,3)21-13(18)17-8-20-10-6-4-5-9-11(7-16)22-15(19)12(9)10;11-4-8-6-2-1-3-7(14-5-12)9(6)10(13)15-8;5-3(6,7)1(11)2(12)4(8,9)10/h4-6,11,19H,7-8H2,1-3H3,(H,16,18);4-6,11,19H,7-8,16H2,1-3H3,(H,17,18);1-3,8,13H,4-5,11-12H2;. The van der Waals surface area contributed by atoms with E-state index in [4.69, 9.17) is 54.8 Å². The van der Waals surface area contributed by atoms with E-state index in [-0.39, 0.29) is 44.7 Å². The van der Waals surface area contributed by atoms with E-state index in [0.717, 1.165) is 11.1 Å². The lowest BCUT2D eigenvalue weighted by atomic mass is 9.78. The largest absolute Gasteiger partial charge is 0.496 e. The number of ketones is 2. The number of hydrogen-bond acceptors (Lipinski definition) is 20. The molecular formula is C41H53B3F6N6O17. The van der Waals surface area contributed by atoms with Crippen LogP contribution in [0.3, 0.4) is 0 Å². The first-order valence-electron chi connectivity index (χ1n) is 21.5. The number of benzene rings is 3. The SMILES string of the molecule is CC(C)(C)OC(=O)NCOc1cccc2c1B(O)OC2CN.CC(C)(C)OC(=O)NCOc1cccc2c1B(O)OC2C[N+](=O)[O-].NCOc1cccc2c1B(O)OC2CN.O=C(C(=O)C(F)(F)F)C(F)(F)F. The zero-order valence-corrected chi connectivity index (χ0v) is 39.9. The summed E-state index contributed by atoms with van der Waals surface area (Å²) in [5.41, 5.74) is 18.9.